The van der Waals surface area contributed by atoms with E-state index in [0.717, 1.165) is 19.2 Å². The summed E-state index contributed by atoms with van der Waals surface area (Å²) >= 11 is 0. The van der Waals surface area contributed by atoms with Crippen molar-refractivity contribution in [1.29, 1.82) is 0 Å². The molecule has 1 aromatic rings. The molecule has 0 saturated heterocycles. The van der Waals surface area contributed by atoms with Crippen LogP contribution in [0.4, 0.5) is 21.7 Å². The topological polar surface area (TPSA) is 18.5 Å². The van der Waals surface area contributed by atoms with Crippen molar-refractivity contribution in [1.82, 2.24) is 0 Å². The maximum absolute atomic E-state index is 12.4. The smallest absolute Gasteiger partial charge is 0.500 e. The zero-order valence-corrected chi connectivity index (χ0v) is 12.2. The molecule has 0 atom stereocenters. The Morgan fingerprint density at radius 2 is 1.76 bits per heavy atom. The van der Waals surface area contributed by atoms with Gasteiger partial charge in [0.15, 0.2) is 0 Å². The van der Waals surface area contributed by atoms with Gasteiger partial charge in [0, 0.05) is 6.07 Å². The van der Waals surface area contributed by atoms with Crippen LogP contribution in [-0.4, -0.2) is 20.7 Å². The number of hydrogen-bond donors (Lipinski definition) is 0. The minimum absolute atomic E-state index is 0. The van der Waals surface area contributed by atoms with E-state index < -0.39 is 24.8 Å². The van der Waals surface area contributed by atoms with Gasteiger partial charge in [-0.3, -0.25) is 0 Å². The normalized spacial score (nSPS) is 11.0. The second-order valence-corrected chi connectivity index (χ2v) is 2.86. The van der Waals surface area contributed by atoms with Gasteiger partial charge in [0.25, 0.3) is 0 Å². The Morgan fingerprint density at radius 3 is 2.18 bits per heavy atom. The largest absolute Gasteiger partial charge is 1.00 e. The number of rotatable bonds is 4. The summed E-state index contributed by atoms with van der Waals surface area (Å²) in [5.41, 5.74) is -0.982. The number of methoxy groups -OCH3 is 1. The predicted octanol–water partition coefficient (Wildman–Crippen LogP) is -0.645. The first kappa shape index (κ1) is 17.2. The van der Waals surface area contributed by atoms with Gasteiger partial charge < -0.3 is 22.4 Å². The Labute approximate surface area is 137 Å². The second-order valence-electron chi connectivity index (χ2n) is 2.86. The second kappa shape index (κ2) is 6.93. The van der Waals surface area contributed by atoms with Crippen molar-refractivity contribution in [2.45, 2.75) is 6.61 Å². The van der Waals surface area contributed by atoms with Crippen LogP contribution in [0.15, 0.2) is 18.2 Å². The van der Waals surface area contributed by atoms with E-state index >= 15 is 0 Å². The van der Waals surface area contributed by atoms with Crippen molar-refractivity contribution in [3.05, 3.63) is 18.2 Å². The maximum Gasteiger partial charge on any atom is 1.00 e. The first-order valence-electron chi connectivity index (χ1n) is 4.17. The molecule has 1 aromatic carbocycles. The molecule has 0 fully saturated rings. The van der Waals surface area contributed by atoms with Crippen LogP contribution in [0.25, 0.3) is 0 Å². The Kier molecular flexibility index (Phi) is 7.00. The molecule has 0 spiro atoms. The van der Waals surface area contributed by atoms with Crippen molar-refractivity contribution in [3.63, 3.8) is 0 Å². The van der Waals surface area contributed by atoms with Crippen LogP contribution in [0, 0.1) is 0 Å². The molecule has 1 rings (SSSR count). The molecule has 0 bridgehead atoms. The Balaban J connectivity index is 0.00000256. The summed E-state index contributed by atoms with van der Waals surface area (Å²) < 4.78 is 69.3. The van der Waals surface area contributed by atoms with Crippen LogP contribution in [-0.2, 0) is 0 Å². The van der Waals surface area contributed by atoms with Gasteiger partial charge in [0.1, 0.15) is 5.75 Å². The third kappa shape index (κ3) is 5.13. The molecule has 90 valence electrons. The molecule has 0 aliphatic heterocycles. The zero-order chi connectivity index (χ0) is 12.3. The standard InChI is InChI=1S/C8H7BF5O2.K/c1-15-7-4-5(16-8(10)11)2-3-6(7)9(12,13)14;/h2-4,8H,1H3;/q-1;+1. The SMILES string of the molecule is COc1cc(OC(F)F)ccc1[B-](F)(F)F.[K+]. The van der Waals surface area contributed by atoms with Crippen LogP contribution < -0.4 is 66.3 Å². The number of benzene rings is 1. The molecule has 9 heteroatoms. The van der Waals surface area contributed by atoms with Crippen molar-refractivity contribution in [2.24, 2.45) is 0 Å². The first-order valence-corrected chi connectivity index (χ1v) is 4.17. The van der Waals surface area contributed by atoms with E-state index in [1.54, 1.807) is 0 Å². The van der Waals surface area contributed by atoms with Gasteiger partial charge in [0.05, 0.1) is 12.9 Å². The molecular weight excluding hydrogens is 273 g/mol. The predicted molar refractivity (Wildman–Crippen MR) is 48.3 cm³/mol. The van der Waals surface area contributed by atoms with E-state index in [4.69, 9.17) is 0 Å². The molecule has 0 aromatic heterocycles. The van der Waals surface area contributed by atoms with Crippen molar-refractivity contribution >= 4 is 12.4 Å². The maximum atomic E-state index is 12.4. The molecule has 0 aliphatic carbocycles. The summed E-state index contributed by atoms with van der Waals surface area (Å²) in [6.45, 7) is -8.34. The summed E-state index contributed by atoms with van der Waals surface area (Å²) in [6.07, 6.45) is 0. The summed E-state index contributed by atoms with van der Waals surface area (Å²) in [7, 11) is 1.02. The van der Waals surface area contributed by atoms with E-state index in [-0.39, 0.29) is 57.1 Å². The fourth-order valence-corrected chi connectivity index (χ4v) is 1.14. The van der Waals surface area contributed by atoms with E-state index in [0.29, 0.717) is 6.07 Å². The molecule has 2 nitrogen and oxygen atoms in total. The number of ether oxygens (including phenoxy) is 2. The number of hydrogen-bond acceptors (Lipinski definition) is 2. The molecule has 17 heavy (non-hydrogen) atoms. The fraction of sp³-hybridized carbons (Fsp3) is 0.250. The Hall–Kier alpha value is 0.171. The molecule has 0 radical (unpaired) electrons. The number of halogens is 5. The summed E-state index contributed by atoms with van der Waals surface area (Å²) in [6, 6.07) is 2.24. The number of alkyl halides is 2. The van der Waals surface area contributed by atoms with E-state index in [1.165, 1.54) is 0 Å². The third-order valence-corrected chi connectivity index (χ3v) is 1.78. The van der Waals surface area contributed by atoms with Gasteiger partial charge in [-0.2, -0.15) is 8.78 Å². The van der Waals surface area contributed by atoms with Crippen LogP contribution in [0.2, 0.25) is 0 Å². The van der Waals surface area contributed by atoms with Gasteiger partial charge in [0.2, 0.25) is 0 Å². The van der Waals surface area contributed by atoms with Crippen LogP contribution in [0.3, 0.4) is 0 Å². The molecule has 0 amide bonds. The first-order chi connectivity index (χ1) is 7.34. The van der Waals surface area contributed by atoms with Crippen molar-refractivity contribution in [3.8, 4) is 11.5 Å². The molecule has 0 aliphatic rings. The Morgan fingerprint density at radius 1 is 1.18 bits per heavy atom. The molecular formula is C8H7BF5KO2. The Bertz CT molecular complexity index is 371. The fourth-order valence-electron chi connectivity index (χ4n) is 1.14. The summed E-state index contributed by atoms with van der Waals surface area (Å²) in [5, 5.41) is 0. The quantitative estimate of drug-likeness (QED) is 0.539. The van der Waals surface area contributed by atoms with Gasteiger partial charge in [-0.15, -0.1) is 0 Å². The average Bonchev–Trinajstić information content (AvgIpc) is 2.14. The third-order valence-electron chi connectivity index (χ3n) is 1.78. The van der Waals surface area contributed by atoms with Gasteiger partial charge in [-0.1, -0.05) is 11.5 Å². The molecule has 0 unspecified atom stereocenters. The van der Waals surface area contributed by atoms with Gasteiger partial charge >= 0.3 is 65.0 Å². The van der Waals surface area contributed by atoms with Gasteiger partial charge in [-0.25, -0.2) is 0 Å². The molecule has 0 heterocycles. The van der Waals surface area contributed by atoms with Crippen molar-refractivity contribution in [2.75, 3.05) is 7.11 Å². The summed E-state index contributed by atoms with van der Waals surface area (Å²) in [4.78, 5) is 0. The molecule has 0 saturated carbocycles. The van der Waals surface area contributed by atoms with Crippen LogP contribution in [0.5, 0.6) is 11.5 Å². The van der Waals surface area contributed by atoms with Crippen molar-refractivity contribution < 1.29 is 82.6 Å². The summed E-state index contributed by atoms with van der Waals surface area (Å²) in [5.74, 6) is -0.915. The molecule has 0 N–H and O–H groups in total. The minimum Gasteiger partial charge on any atom is -0.500 e. The zero-order valence-electron chi connectivity index (χ0n) is 9.09. The monoisotopic (exact) mass is 280 g/mol. The minimum atomic E-state index is -5.24. The van der Waals surface area contributed by atoms with E-state index in [2.05, 4.69) is 9.47 Å². The van der Waals surface area contributed by atoms with Crippen LogP contribution >= 0.6 is 0 Å². The average molecular weight is 280 g/mol. The van der Waals surface area contributed by atoms with Gasteiger partial charge in [-0.05, 0) is 6.07 Å². The van der Waals surface area contributed by atoms with Crippen LogP contribution in [0.1, 0.15) is 0 Å². The van der Waals surface area contributed by atoms with E-state index in [9.17, 15) is 21.7 Å². The van der Waals surface area contributed by atoms with E-state index in [1.807, 2.05) is 0 Å².